The first kappa shape index (κ1) is 17.6. The second-order valence-corrected chi connectivity index (χ2v) is 6.21. The zero-order valence-corrected chi connectivity index (χ0v) is 15.2. The van der Waals surface area contributed by atoms with Crippen LogP contribution >= 0.6 is 0 Å². The van der Waals surface area contributed by atoms with Gasteiger partial charge in [-0.05, 0) is 24.6 Å². The zero-order valence-electron chi connectivity index (χ0n) is 15.2. The molecule has 1 aromatic carbocycles. The number of pyridine rings is 1. The van der Waals surface area contributed by atoms with Gasteiger partial charge in [0.25, 0.3) is 0 Å². The van der Waals surface area contributed by atoms with Crippen LogP contribution in [0.4, 0.5) is 21.8 Å². The minimum absolute atomic E-state index is 0.255. The molecule has 0 aliphatic heterocycles. The van der Waals surface area contributed by atoms with E-state index in [0.717, 1.165) is 16.9 Å². The van der Waals surface area contributed by atoms with Crippen molar-refractivity contribution in [3.8, 4) is 5.69 Å². The fourth-order valence-electron chi connectivity index (χ4n) is 2.67. The van der Waals surface area contributed by atoms with Gasteiger partial charge in [-0.15, -0.1) is 0 Å². The van der Waals surface area contributed by atoms with Gasteiger partial charge in [0, 0.05) is 37.3 Å². The van der Waals surface area contributed by atoms with Crippen LogP contribution in [0, 0.1) is 12.7 Å². The van der Waals surface area contributed by atoms with Crippen LogP contribution in [0.15, 0.2) is 67.5 Å². The fourth-order valence-corrected chi connectivity index (χ4v) is 2.67. The quantitative estimate of drug-likeness (QED) is 0.533. The molecule has 0 saturated heterocycles. The van der Waals surface area contributed by atoms with Crippen molar-refractivity contribution >= 4 is 17.5 Å². The third kappa shape index (κ3) is 4.29. The highest BCUT2D eigenvalue weighted by Crippen LogP contribution is 2.21. The molecule has 0 fully saturated rings. The molecule has 0 saturated carbocycles. The van der Waals surface area contributed by atoms with Crippen LogP contribution in [0.2, 0.25) is 0 Å². The van der Waals surface area contributed by atoms with Crippen molar-refractivity contribution in [1.82, 2.24) is 24.5 Å². The Balaban J connectivity index is 1.62. The molecule has 4 aromatic rings. The van der Waals surface area contributed by atoms with Crippen LogP contribution < -0.4 is 10.6 Å². The first-order valence-corrected chi connectivity index (χ1v) is 8.70. The SMILES string of the molecule is Cc1cn(-c2cc(NCc3ccc(F)cc3)nc(Nc3cnccn3)c2)cn1. The summed E-state index contributed by atoms with van der Waals surface area (Å²) in [5.74, 6) is 1.62. The number of aryl methyl sites for hydroxylation is 1. The molecule has 140 valence electrons. The van der Waals surface area contributed by atoms with E-state index in [2.05, 4.69) is 30.6 Å². The van der Waals surface area contributed by atoms with Crippen molar-refractivity contribution in [1.29, 1.82) is 0 Å². The van der Waals surface area contributed by atoms with Crippen LogP contribution in [0.5, 0.6) is 0 Å². The summed E-state index contributed by atoms with van der Waals surface area (Å²) in [6, 6.07) is 10.2. The number of hydrogen-bond acceptors (Lipinski definition) is 6. The minimum Gasteiger partial charge on any atom is -0.366 e. The van der Waals surface area contributed by atoms with Gasteiger partial charge < -0.3 is 15.2 Å². The number of halogens is 1. The molecule has 0 amide bonds. The van der Waals surface area contributed by atoms with Crippen LogP contribution in [0.3, 0.4) is 0 Å². The third-order valence-corrected chi connectivity index (χ3v) is 4.03. The normalized spacial score (nSPS) is 10.6. The van der Waals surface area contributed by atoms with Gasteiger partial charge in [0.2, 0.25) is 0 Å². The van der Waals surface area contributed by atoms with E-state index < -0.39 is 0 Å². The van der Waals surface area contributed by atoms with Crippen LogP contribution in [0.25, 0.3) is 5.69 Å². The minimum atomic E-state index is -0.255. The van der Waals surface area contributed by atoms with E-state index in [1.165, 1.54) is 12.1 Å². The highest BCUT2D eigenvalue weighted by atomic mass is 19.1. The van der Waals surface area contributed by atoms with E-state index in [1.807, 2.05) is 29.8 Å². The molecule has 8 heteroatoms. The molecule has 7 nitrogen and oxygen atoms in total. The lowest BCUT2D eigenvalue weighted by Crippen LogP contribution is -2.05. The molecule has 0 unspecified atom stereocenters. The number of anilines is 3. The predicted octanol–water partition coefficient (Wildman–Crippen LogP) is 3.86. The lowest BCUT2D eigenvalue weighted by molar-refractivity contribution is 0.627. The number of imidazole rings is 1. The van der Waals surface area contributed by atoms with Crippen molar-refractivity contribution < 1.29 is 4.39 Å². The maximum atomic E-state index is 13.1. The average Bonchev–Trinajstić information content (AvgIpc) is 3.15. The number of aromatic nitrogens is 5. The molecule has 0 radical (unpaired) electrons. The Labute approximate surface area is 161 Å². The molecular formula is C20H18FN7. The molecule has 2 N–H and O–H groups in total. The van der Waals surface area contributed by atoms with E-state index in [-0.39, 0.29) is 5.82 Å². The summed E-state index contributed by atoms with van der Waals surface area (Å²) in [4.78, 5) is 17.2. The lowest BCUT2D eigenvalue weighted by atomic mass is 10.2. The molecule has 3 aromatic heterocycles. The van der Waals surface area contributed by atoms with Crippen molar-refractivity contribution in [2.75, 3.05) is 10.6 Å². The average molecular weight is 375 g/mol. The maximum absolute atomic E-state index is 13.1. The summed E-state index contributed by atoms with van der Waals surface area (Å²) in [6.07, 6.45) is 8.53. The molecule has 3 heterocycles. The monoisotopic (exact) mass is 375 g/mol. The second kappa shape index (κ2) is 7.83. The fraction of sp³-hybridized carbons (Fsp3) is 0.100. The Bertz CT molecular complexity index is 1060. The number of hydrogen-bond donors (Lipinski definition) is 2. The largest absolute Gasteiger partial charge is 0.366 e. The number of nitrogens with one attached hydrogen (secondary N) is 2. The summed E-state index contributed by atoms with van der Waals surface area (Å²) in [6.45, 7) is 2.45. The van der Waals surface area contributed by atoms with Gasteiger partial charge in [-0.25, -0.2) is 19.3 Å². The molecule has 0 aliphatic rings. The second-order valence-electron chi connectivity index (χ2n) is 6.21. The van der Waals surface area contributed by atoms with Gasteiger partial charge in [-0.2, -0.15) is 0 Å². The molecule has 0 aliphatic carbocycles. The van der Waals surface area contributed by atoms with Crippen molar-refractivity contribution in [3.05, 3.63) is 84.6 Å². The molecule has 0 bridgehead atoms. The summed E-state index contributed by atoms with van der Waals surface area (Å²) in [5.41, 5.74) is 2.76. The van der Waals surface area contributed by atoms with Crippen LogP contribution in [0.1, 0.15) is 11.3 Å². The third-order valence-electron chi connectivity index (χ3n) is 4.03. The standard InChI is InChI=1S/C20H18FN7/c1-14-12-28(13-25-14)17-8-18(24-10-15-2-4-16(21)5-3-15)26-19(9-17)27-20-11-22-6-7-23-20/h2-9,11-13H,10H2,1H3,(H2,23,24,26,27). The van der Waals surface area contributed by atoms with Crippen LogP contribution in [-0.4, -0.2) is 24.5 Å². The van der Waals surface area contributed by atoms with E-state index >= 15 is 0 Å². The molecular weight excluding hydrogens is 357 g/mol. The Morgan fingerprint density at radius 2 is 1.82 bits per heavy atom. The first-order valence-electron chi connectivity index (χ1n) is 8.70. The molecule has 0 spiro atoms. The topological polar surface area (TPSA) is 80.5 Å². The predicted molar refractivity (Wildman–Crippen MR) is 105 cm³/mol. The van der Waals surface area contributed by atoms with Gasteiger partial charge in [0.05, 0.1) is 23.9 Å². The molecule has 4 rings (SSSR count). The smallest absolute Gasteiger partial charge is 0.150 e. The maximum Gasteiger partial charge on any atom is 0.150 e. The Hall–Kier alpha value is -3.81. The van der Waals surface area contributed by atoms with E-state index in [9.17, 15) is 4.39 Å². The first-order chi connectivity index (χ1) is 13.7. The van der Waals surface area contributed by atoms with Gasteiger partial charge in [0.1, 0.15) is 23.3 Å². The number of rotatable bonds is 6. The summed E-state index contributed by atoms with van der Waals surface area (Å²) >= 11 is 0. The highest BCUT2D eigenvalue weighted by Gasteiger charge is 2.07. The molecule has 0 atom stereocenters. The van der Waals surface area contributed by atoms with E-state index in [0.29, 0.717) is 24.0 Å². The molecule has 28 heavy (non-hydrogen) atoms. The van der Waals surface area contributed by atoms with Crippen molar-refractivity contribution in [2.45, 2.75) is 13.5 Å². The summed E-state index contributed by atoms with van der Waals surface area (Å²) in [7, 11) is 0. The Morgan fingerprint density at radius 1 is 1.00 bits per heavy atom. The van der Waals surface area contributed by atoms with Crippen LogP contribution in [-0.2, 0) is 6.54 Å². The number of benzene rings is 1. The Kier molecular flexibility index (Phi) is 4.92. The van der Waals surface area contributed by atoms with E-state index in [4.69, 9.17) is 0 Å². The zero-order chi connectivity index (χ0) is 19.3. The van der Waals surface area contributed by atoms with Gasteiger partial charge in [-0.1, -0.05) is 12.1 Å². The van der Waals surface area contributed by atoms with Crippen molar-refractivity contribution in [3.63, 3.8) is 0 Å². The van der Waals surface area contributed by atoms with Crippen molar-refractivity contribution in [2.24, 2.45) is 0 Å². The van der Waals surface area contributed by atoms with Gasteiger partial charge in [-0.3, -0.25) is 4.98 Å². The summed E-state index contributed by atoms with van der Waals surface area (Å²) < 4.78 is 15.0. The lowest BCUT2D eigenvalue weighted by Gasteiger charge is -2.12. The van der Waals surface area contributed by atoms with E-state index in [1.54, 1.807) is 37.1 Å². The summed E-state index contributed by atoms with van der Waals surface area (Å²) in [5, 5.41) is 6.44. The highest BCUT2D eigenvalue weighted by molar-refractivity contribution is 5.59. The van der Waals surface area contributed by atoms with Gasteiger partial charge in [0.15, 0.2) is 0 Å². The number of nitrogens with zero attached hydrogens (tertiary/aromatic N) is 5. The Morgan fingerprint density at radius 3 is 2.54 bits per heavy atom. The van der Waals surface area contributed by atoms with Gasteiger partial charge >= 0.3 is 0 Å².